The van der Waals surface area contributed by atoms with E-state index in [0.717, 1.165) is 5.56 Å². The van der Waals surface area contributed by atoms with Crippen LogP contribution in [0, 0.1) is 22.0 Å². The molecule has 3 rings (SSSR count). The van der Waals surface area contributed by atoms with Gasteiger partial charge in [-0.25, -0.2) is 0 Å². The number of carbonyl (C=O) groups excluding carboxylic acids is 2. The lowest BCUT2D eigenvalue weighted by Gasteiger charge is -2.18. The first-order chi connectivity index (χ1) is 14.8. The topological polar surface area (TPSA) is 92.6 Å². The number of anilines is 2. The number of nitro benzene ring substituents is 1. The third-order valence-corrected chi connectivity index (χ3v) is 5.35. The molecular weight excluding hydrogens is 394 g/mol. The highest BCUT2D eigenvalue weighted by molar-refractivity contribution is 6.09. The molecule has 0 aromatic heterocycles. The van der Waals surface area contributed by atoms with Crippen LogP contribution in [0.5, 0.6) is 0 Å². The summed E-state index contributed by atoms with van der Waals surface area (Å²) in [7, 11) is 0. The zero-order valence-corrected chi connectivity index (χ0v) is 17.9. The van der Waals surface area contributed by atoms with Crippen molar-refractivity contribution in [3.8, 4) is 11.8 Å². The molecule has 1 aliphatic heterocycles. The number of carbonyl (C=O) groups is 2. The van der Waals surface area contributed by atoms with E-state index < -0.39 is 10.3 Å². The lowest BCUT2D eigenvalue weighted by atomic mass is 9.85. The van der Waals surface area contributed by atoms with Crippen LogP contribution in [0.4, 0.5) is 17.1 Å². The van der Waals surface area contributed by atoms with Crippen LogP contribution in [0.15, 0.2) is 42.5 Å². The summed E-state index contributed by atoms with van der Waals surface area (Å²) in [4.78, 5) is 38.1. The average molecular weight is 419 g/mol. The van der Waals surface area contributed by atoms with Crippen LogP contribution in [0.25, 0.3) is 0 Å². The maximum absolute atomic E-state index is 13.0. The summed E-state index contributed by atoms with van der Waals surface area (Å²) in [5, 5.41) is 14.4. The Kier molecular flexibility index (Phi) is 6.40. The van der Waals surface area contributed by atoms with Crippen molar-refractivity contribution in [3.63, 3.8) is 0 Å². The Bertz CT molecular complexity index is 1080. The largest absolute Gasteiger partial charge is 0.320 e. The fourth-order valence-corrected chi connectivity index (χ4v) is 3.65. The number of fused-ring (bicyclic) bond motifs is 1. The third kappa shape index (κ3) is 4.58. The molecule has 0 unspecified atom stereocenters. The smallest absolute Gasteiger partial charge is 0.294 e. The number of nitrogens with zero attached hydrogens (tertiary/aromatic N) is 2. The van der Waals surface area contributed by atoms with Crippen LogP contribution in [0.2, 0.25) is 0 Å². The number of benzene rings is 2. The van der Waals surface area contributed by atoms with E-state index in [-0.39, 0.29) is 36.2 Å². The molecule has 0 saturated carbocycles. The number of nitro groups is 1. The van der Waals surface area contributed by atoms with Crippen molar-refractivity contribution in [1.82, 2.24) is 0 Å². The van der Waals surface area contributed by atoms with Crippen molar-refractivity contribution >= 4 is 28.9 Å². The average Bonchev–Trinajstić information content (AvgIpc) is 2.93. The van der Waals surface area contributed by atoms with Crippen molar-refractivity contribution in [2.45, 2.75) is 45.4 Å². The van der Waals surface area contributed by atoms with Crippen molar-refractivity contribution in [3.05, 3.63) is 63.7 Å². The van der Waals surface area contributed by atoms with Gasteiger partial charge in [0.05, 0.1) is 22.6 Å². The molecule has 0 atom stereocenters. The minimum absolute atomic E-state index is 0.101. The van der Waals surface area contributed by atoms with E-state index in [2.05, 4.69) is 17.2 Å². The minimum Gasteiger partial charge on any atom is -0.320 e. The molecule has 160 valence electrons. The highest BCUT2D eigenvalue weighted by atomic mass is 16.6. The van der Waals surface area contributed by atoms with Gasteiger partial charge in [0.15, 0.2) is 0 Å². The molecule has 0 radical (unpaired) electrons. The van der Waals surface area contributed by atoms with Crippen LogP contribution >= 0.6 is 0 Å². The Balaban J connectivity index is 1.90. The van der Waals surface area contributed by atoms with E-state index in [1.165, 1.54) is 11.0 Å². The maximum atomic E-state index is 13.0. The van der Waals surface area contributed by atoms with Gasteiger partial charge in [0, 0.05) is 18.9 Å². The minimum atomic E-state index is -0.873. The van der Waals surface area contributed by atoms with E-state index in [4.69, 9.17) is 0 Å². The summed E-state index contributed by atoms with van der Waals surface area (Å²) in [5.74, 6) is 5.36. The molecule has 0 bridgehead atoms. The Morgan fingerprint density at radius 2 is 1.90 bits per heavy atom. The predicted octanol–water partition coefficient (Wildman–Crippen LogP) is 4.20. The van der Waals surface area contributed by atoms with Crippen LogP contribution in [-0.4, -0.2) is 23.3 Å². The molecule has 1 N–H and O–H groups in total. The summed E-state index contributed by atoms with van der Waals surface area (Å²) in [6.07, 6.45) is 1.38. The first-order valence-electron chi connectivity index (χ1n) is 10.2. The van der Waals surface area contributed by atoms with E-state index >= 15 is 0 Å². The van der Waals surface area contributed by atoms with Crippen LogP contribution in [0.1, 0.15) is 44.7 Å². The quantitative estimate of drug-likeness (QED) is 0.431. The fourth-order valence-electron chi connectivity index (χ4n) is 3.65. The molecule has 2 aromatic carbocycles. The monoisotopic (exact) mass is 419 g/mol. The second-order valence-corrected chi connectivity index (χ2v) is 7.90. The van der Waals surface area contributed by atoms with Gasteiger partial charge >= 0.3 is 0 Å². The van der Waals surface area contributed by atoms with Crippen LogP contribution in [0.3, 0.4) is 0 Å². The number of hydrogen-bond donors (Lipinski definition) is 1. The van der Waals surface area contributed by atoms with Gasteiger partial charge < -0.3 is 5.32 Å². The van der Waals surface area contributed by atoms with Gasteiger partial charge in [-0.15, -0.1) is 5.92 Å². The standard InChI is InChI=1S/C24H25N3O4/c1-4-5-9-14-26-20-16-21(27(30)31)19(15-18(20)24(2,3)23(26)29)25-22(28)13-12-17-10-7-6-8-11-17/h6-8,10-11,15-16H,4,12-14H2,1-3H3,(H,25,28). The number of rotatable bonds is 6. The zero-order valence-electron chi connectivity index (χ0n) is 17.9. The molecule has 0 spiro atoms. The Morgan fingerprint density at radius 1 is 1.19 bits per heavy atom. The molecule has 0 saturated heterocycles. The number of hydrogen-bond acceptors (Lipinski definition) is 4. The Hall–Kier alpha value is -3.66. The number of nitrogens with one attached hydrogen (secondary N) is 1. The van der Waals surface area contributed by atoms with Gasteiger partial charge in [-0.2, -0.15) is 0 Å². The zero-order chi connectivity index (χ0) is 22.6. The molecule has 1 heterocycles. The summed E-state index contributed by atoms with van der Waals surface area (Å²) >= 11 is 0. The highest BCUT2D eigenvalue weighted by Crippen LogP contribution is 2.45. The van der Waals surface area contributed by atoms with Crippen LogP contribution < -0.4 is 10.2 Å². The van der Waals surface area contributed by atoms with Crippen molar-refractivity contribution < 1.29 is 14.5 Å². The van der Waals surface area contributed by atoms with E-state index in [1.54, 1.807) is 19.9 Å². The van der Waals surface area contributed by atoms with E-state index in [0.29, 0.717) is 24.1 Å². The molecule has 7 heteroatoms. The summed E-state index contributed by atoms with van der Waals surface area (Å²) in [6, 6.07) is 12.5. The molecule has 7 nitrogen and oxygen atoms in total. The number of aryl methyl sites for hydroxylation is 1. The first-order valence-corrected chi connectivity index (χ1v) is 10.2. The molecule has 0 fully saturated rings. The third-order valence-electron chi connectivity index (χ3n) is 5.35. The number of amides is 2. The molecular formula is C24H25N3O4. The van der Waals surface area contributed by atoms with Gasteiger partial charge in [-0.05, 0) is 37.5 Å². The summed E-state index contributed by atoms with van der Waals surface area (Å²) in [5.41, 5.74) is 1.10. The molecule has 0 aliphatic carbocycles. The van der Waals surface area contributed by atoms with Gasteiger partial charge in [0.1, 0.15) is 5.69 Å². The van der Waals surface area contributed by atoms with Crippen molar-refractivity contribution in [1.29, 1.82) is 0 Å². The second-order valence-electron chi connectivity index (χ2n) is 7.90. The fraction of sp³-hybridized carbons (Fsp3) is 0.333. The summed E-state index contributed by atoms with van der Waals surface area (Å²) in [6.45, 7) is 5.62. The molecule has 2 aromatic rings. The molecule has 2 amide bonds. The summed E-state index contributed by atoms with van der Waals surface area (Å²) < 4.78 is 0. The van der Waals surface area contributed by atoms with Gasteiger partial charge in [-0.1, -0.05) is 43.2 Å². The van der Waals surface area contributed by atoms with Crippen molar-refractivity contribution in [2.75, 3.05) is 16.8 Å². The van der Waals surface area contributed by atoms with E-state index in [1.807, 2.05) is 37.3 Å². The first kappa shape index (κ1) is 22.0. The highest BCUT2D eigenvalue weighted by Gasteiger charge is 2.45. The lowest BCUT2D eigenvalue weighted by molar-refractivity contribution is -0.383. The second kappa shape index (κ2) is 9.00. The maximum Gasteiger partial charge on any atom is 0.294 e. The SMILES string of the molecule is CCC#CCN1C(=O)C(C)(C)c2cc(NC(=O)CCc3ccccc3)c([N+](=O)[O-])cc21. The molecule has 31 heavy (non-hydrogen) atoms. The van der Waals surface area contributed by atoms with Gasteiger partial charge in [0.25, 0.3) is 5.69 Å². The van der Waals surface area contributed by atoms with E-state index in [9.17, 15) is 19.7 Å². The Labute approximate surface area is 181 Å². The molecule has 1 aliphatic rings. The van der Waals surface area contributed by atoms with Gasteiger partial charge in [0.2, 0.25) is 11.8 Å². The normalized spacial score (nSPS) is 13.9. The predicted molar refractivity (Wildman–Crippen MR) is 120 cm³/mol. The van der Waals surface area contributed by atoms with Crippen molar-refractivity contribution in [2.24, 2.45) is 0 Å². The lowest BCUT2D eigenvalue weighted by Crippen LogP contribution is -2.36. The Morgan fingerprint density at radius 3 is 2.55 bits per heavy atom. The van der Waals surface area contributed by atoms with Gasteiger partial charge in [-0.3, -0.25) is 24.6 Å². The van der Waals surface area contributed by atoms with Crippen LogP contribution in [-0.2, 0) is 21.4 Å².